The maximum atomic E-state index is 6.15. The molecule has 8 heteroatoms. The van der Waals surface area contributed by atoms with Crippen molar-refractivity contribution < 1.29 is 4.42 Å². The second kappa shape index (κ2) is 6.44. The first-order valence-corrected chi connectivity index (χ1v) is 10.4. The molecule has 2 N–H and O–H groups in total. The van der Waals surface area contributed by atoms with E-state index in [2.05, 4.69) is 28.8 Å². The number of aryl methyl sites for hydroxylation is 3. The molecule has 128 valence electrons. The average molecular weight is 389 g/mol. The molecular weight excluding hydrogens is 372 g/mol. The van der Waals surface area contributed by atoms with Crippen LogP contribution < -0.4 is 5.73 Å². The summed E-state index contributed by atoms with van der Waals surface area (Å²) in [4.78, 5) is 16.9. The third kappa shape index (κ3) is 3.05. The zero-order valence-corrected chi connectivity index (χ0v) is 16.4. The van der Waals surface area contributed by atoms with Gasteiger partial charge in [-0.25, -0.2) is 15.0 Å². The summed E-state index contributed by atoms with van der Waals surface area (Å²) in [5, 5.41) is 3.66. The number of rotatable bonds is 4. The number of hydrogen-bond acceptors (Lipinski definition) is 8. The van der Waals surface area contributed by atoms with Gasteiger partial charge in [0.1, 0.15) is 16.4 Å². The van der Waals surface area contributed by atoms with Crippen LogP contribution in [0.3, 0.4) is 0 Å². The number of nitrogens with two attached hydrogens (primary N) is 1. The molecule has 0 atom stereocenters. The predicted molar refractivity (Wildman–Crippen MR) is 105 cm³/mol. The number of anilines is 1. The van der Waals surface area contributed by atoms with Gasteiger partial charge < -0.3 is 10.2 Å². The molecule has 0 aliphatic rings. The van der Waals surface area contributed by atoms with Crippen LogP contribution in [0.2, 0.25) is 0 Å². The van der Waals surface area contributed by atoms with E-state index in [4.69, 9.17) is 10.2 Å². The molecule has 25 heavy (non-hydrogen) atoms. The molecule has 0 unspecified atom stereocenters. The van der Waals surface area contributed by atoms with Crippen molar-refractivity contribution in [2.45, 2.75) is 31.7 Å². The van der Waals surface area contributed by atoms with E-state index >= 15 is 0 Å². The van der Waals surface area contributed by atoms with E-state index in [1.165, 1.54) is 22.2 Å². The zero-order chi connectivity index (χ0) is 17.6. The van der Waals surface area contributed by atoms with Crippen LogP contribution in [-0.4, -0.2) is 15.0 Å². The minimum Gasteiger partial charge on any atom is -0.440 e. The van der Waals surface area contributed by atoms with Gasteiger partial charge in [0.2, 0.25) is 5.89 Å². The van der Waals surface area contributed by atoms with Gasteiger partial charge in [-0.2, -0.15) is 0 Å². The number of oxazole rings is 1. The van der Waals surface area contributed by atoms with E-state index in [1.807, 2.05) is 24.4 Å². The topological polar surface area (TPSA) is 77.8 Å². The Morgan fingerprint density at radius 2 is 2.04 bits per heavy atom. The Labute approximate surface area is 157 Å². The molecule has 0 amide bonds. The Morgan fingerprint density at radius 1 is 1.20 bits per heavy atom. The van der Waals surface area contributed by atoms with Crippen molar-refractivity contribution in [3.63, 3.8) is 0 Å². The van der Waals surface area contributed by atoms with E-state index in [0.29, 0.717) is 22.6 Å². The Bertz CT molecular complexity index is 1050. The molecule has 0 saturated carbocycles. The van der Waals surface area contributed by atoms with Crippen molar-refractivity contribution in [1.29, 1.82) is 0 Å². The average Bonchev–Trinajstić information content (AvgIpc) is 3.27. The molecular formula is C17H16N4OS3. The first-order chi connectivity index (χ1) is 12.0. The number of aromatic nitrogens is 3. The summed E-state index contributed by atoms with van der Waals surface area (Å²) in [6, 6.07) is 4.00. The normalized spacial score (nSPS) is 11.5. The van der Waals surface area contributed by atoms with Gasteiger partial charge in [0.25, 0.3) is 0 Å². The number of nitrogen functional groups attached to an aromatic ring is 1. The summed E-state index contributed by atoms with van der Waals surface area (Å²) >= 11 is 4.80. The first-order valence-electron chi connectivity index (χ1n) is 7.69. The highest BCUT2D eigenvalue weighted by molar-refractivity contribution is 7.98. The standard InChI is InChI=1S/C17H16N4OS3/c1-8-10(3)25-16-13(8)14(18)20-17(21-16)24-7-11-9(2)22-15(19-11)12-5-4-6-23-12/h4-6H,7H2,1-3H3,(H2,18,20,21). The lowest BCUT2D eigenvalue weighted by atomic mass is 10.2. The molecule has 0 aliphatic carbocycles. The van der Waals surface area contributed by atoms with Crippen molar-refractivity contribution >= 4 is 50.5 Å². The van der Waals surface area contributed by atoms with E-state index in [-0.39, 0.29) is 0 Å². The maximum absolute atomic E-state index is 6.15. The highest BCUT2D eigenvalue weighted by Crippen LogP contribution is 2.34. The maximum Gasteiger partial charge on any atom is 0.236 e. The molecule has 4 aromatic rings. The van der Waals surface area contributed by atoms with Crippen LogP contribution in [0.15, 0.2) is 27.1 Å². The van der Waals surface area contributed by atoms with E-state index in [1.54, 1.807) is 22.7 Å². The Hall–Kier alpha value is -1.90. The van der Waals surface area contributed by atoms with E-state index < -0.39 is 0 Å². The van der Waals surface area contributed by atoms with Gasteiger partial charge in [0.15, 0.2) is 5.16 Å². The molecule has 0 aliphatic heterocycles. The molecule has 0 saturated heterocycles. The van der Waals surface area contributed by atoms with Crippen molar-refractivity contribution in [2.75, 3.05) is 5.73 Å². The fraction of sp³-hybridized carbons (Fsp3) is 0.235. The highest BCUT2D eigenvalue weighted by atomic mass is 32.2. The van der Waals surface area contributed by atoms with Gasteiger partial charge >= 0.3 is 0 Å². The lowest BCUT2D eigenvalue weighted by Crippen LogP contribution is -1.96. The quantitative estimate of drug-likeness (QED) is 0.382. The number of hydrogen-bond donors (Lipinski definition) is 1. The number of thioether (sulfide) groups is 1. The van der Waals surface area contributed by atoms with Crippen molar-refractivity contribution in [3.8, 4) is 10.8 Å². The zero-order valence-electron chi connectivity index (χ0n) is 14.0. The highest BCUT2D eigenvalue weighted by Gasteiger charge is 2.16. The van der Waals surface area contributed by atoms with Gasteiger partial charge in [-0.05, 0) is 37.8 Å². The van der Waals surface area contributed by atoms with Crippen LogP contribution in [0.5, 0.6) is 0 Å². The Morgan fingerprint density at radius 3 is 2.80 bits per heavy atom. The summed E-state index contributed by atoms with van der Waals surface area (Å²) in [6.07, 6.45) is 0. The lowest BCUT2D eigenvalue weighted by Gasteiger charge is -2.02. The van der Waals surface area contributed by atoms with Gasteiger partial charge in [-0.3, -0.25) is 0 Å². The Balaban J connectivity index is 1.58. The van der Waals surface area contributed by atoms with Gasteiger partial charge in [-0.15, -0.1) is 22.7 Å². The van der Waals surface area contributed by atoms with Crippen LogP contribution >= 0.6 is 34.4 Å². The number of nitrogens with zero attached hydrogens (tertiary/aromatic N) is 3. The van der Waals surface area contributed by atoms with E-state index in [0.717, 1.165) is 26.5 Å². The molecule has 0 aromatic carbocycles. The first kappa shape index (κ1) is 16.6. The van der Waals surface area contributed by atoms with Crippen LogP contribution in [0, 0.1) is 20.8 Å². The predicted octanol–water partition coefficient (Wildman–Crippen LogP) is 5.21. The summed E-state index contributed by atoms with van der Waals surface area (Å²) in [5.74, 6) is 2.69. The monoisotopic (exact) mass is 388 g/mol. The fourth-order valence-corrected chi connectivity index (χ4v) is 5.12. The lowest BCUT2D eigenvalue weighted by molar-refractivity contribution is 0.542. The van der Waals surface area contributed by atoms with Gasteiger partial charge in [0.05, 0.1) is 16.0 Å². The SMILES string of the molecule is Cc1oc(-c2cccs2)nc1CSc1nc(N)c2c(C)c(C)sc2n1. The van der Waals surface area contributed by atoms with Crippen LogP contribution in [0.25, 0.3) is 21.0 Å². The molecule has 4 aromatic heterocycles. The largest absolute Gasteiger partial charge is 0.440 e. The summed E-state index contributed by atoms with van der Waals surface area (Å²) in [5.41, 5.74) is 8.23. The second-order valence-electron chi connectivity index (χ2n) is 5.64. The summed E-state index contributed by atoms with van der Waals surface area (Å²) in [7, 11) is 0. The van der Waals surface area contributed by atoms with Crippen LogP contribution in [0.1, 0.15) is 21.9 Å². The van der Waals surface area contributed by atoms with Crippen molar-refractivity contribution in [1.82, 2.24) is 15.0 Å². The smallest absolute Gasteiger partial charge is 0.236 e. The number of thiophene rings is 2. The molecule has 0 fully saturated rings. The summed E-state index contributed by atoms with van der Waals surface area (Å²) in [6.45, 7) is 6.08. The Kier molecular flexibility index (Phi) is 4.26. The summed E-state index contributed by atoms with van der Waals surface area (Å²) < 4.78 is 5.78. The van der Waals surface area contributed by atoms with E-state index in [9.17, 15) is 0 Å². The van der Waals surface area contributed by atoms with Crippen molar-refractivity contribution in [3.05, 3.63) is 39.4 Å². The van der Waals surface area contributed by atoms with Crippen LogP contribution in [-0.2, 0) is 5.75 Å². The van der Waals surface area contributed by atoms with Gasteiger partial charge in [0, 0.05) is 10.6 Å². The third-order valence-corrected chi connectivity index (χ3v) is 6.82. The minimum absolute atomic E-state index is 0.547. The second-order valence-corrected chi connectivity index (χ2v) is 8.74. The molecule has 5 nitrogen and oxygen atoms in total. The van der Waals surface area contributed by atoms with Crippen molar-refractivity contribution in [2.24, 2.45) is 0 Å². The molecule has 4 heterocycles. The molecule has 0 bridgehead atoms. The van der Waals surface area contributed by atoms with Gasteiger partial charge in [-0.1, -0.05) is 17.8 Å². The van der Waals surface area contributed by atoms with Crippen LogP contribution in [0.4, 0.5) is 5.82 Å². The molecule has 0 spiro atoms. The number of fused-ring (bicyclic) bond motifs is 1. The third-order valence-electron chi connectivity index (χ3n) is 4.00. The molecule has 0 radical (unpaired) electrons. The fourth-order valence-electron chi connectivity index (χ4n) is 2.53. The molecule has 4 rings (SSSR count). The minimum atomic E-state index is 0.547.